The van der Waals surface area contributed by atoms with Crippen LogP contribution in [-0.4, -0.2) is 11.1 Å². The van der Waals surface area contributed by atoms with Crippen molar-refractivity contribution in [3.63, 3.8) is 0 Å². The number of carbonyl (C=O) groups is 1. The molecule has 2 heteroatoms. The maximum absolute atomic E-state index is 11.0. The minimum Gasteiger partial charge on any atom is -0.481 e. The maximum Gasteiger partial charge on any atom is 0.310 e. The van der Waals surface area contributed by atoms with E-state index in [1.165, 1.54) is 23.8 Å². The van der Waals surface area contributed by atoms with E-state index in [1.807, 2.05) is 18.2 Å². The van der Waals surface area contributed by atoms with Gasteiger partial charge in [-0.1, -0.05) is 36.4 Å². The molecule has 2 aromatic rings. The Morgan fingerprint density at radius 1 is 1.17 bits per heavy atom. The Labute approximate surface area is 106 Å². The Morgan fingerprint density at radius 3 is 2.56 bits per heavy atom. The van der Waals surface area contributed by atoms with Gasteiger partial charge in [-0.3, -0.25) is 4.79 Å². The number of rotatable bonds is 3. The zero-order chi connectivity index (χ0) is 12.7. The van der Waals surface area contributed by atoms with Crippen molar-refractivity contribution < 1.29 is 9.90 Å². The largest absolute Gasteiger partial charge is 0.481 e. The molecule has 0 heterocycles. The number of aliphatic carboxylic acids is 1. The van der Waals surface area contributed by atoms with Crippen LogP contribution in [0, 0.1) is 0 Å². The van der Waals surface area contributed by atoms with Gasteiger partial charge in [-0.25, -0.2) is 0 Å². The van der Waals surface area contributed by atoms with Crippen LogP contribution in [-0.2, 0) is 4.79 Å². The molecule has 0 aliphatic heterocycles. The van der Waals surface area contributed by atoms with E-state index in [9.17, 15) is 4.79 Å². The summed E-state index contributed by atoms with van der Waals surface area (Å²) in [6, 6.07) is 12.5. The number of hydrogen-bond acceptors (Lipinski definition) is 1. The summed E-state index contributed by atoms with van der Waals surface area (Å²) in [5, 5.41) is 11.4. The summed E-state index contributed by atoms with van der Waals surface area (Å²) in [4.78, 5) is 11.0. The second-order valence-corrected chi connectivity index (χ2v) is 5.20. The molecule has 1 unspecified atom stereocenters. The van der Waals surface area contributed by atoms with Crippen molar-refractivity contribution in [2.24, 2.45) is 0 Å². The summed E-state index contributed by atoms with van der Waals surface area (Å²) in [6.07, 6.45) is 2.58. The standard InChI is InChI=1S/C16H16O2/c1-10(16(17)18)13-6-4-12-5-7-14(11-2-3-11)9-15(12)8-13/h4-11H,2-3H2,1H3,(H,17,18). The fourth-order valence-corrected chi connectivity index (χ4v) is 2.37. The normalized spacial score (nSPS) is 16.7. The van der Waals surface area contributed by atoms with Crippen molar-refractivity contribution in [3.05, 3.63) is 47.5 Å². The molecule has 92 valence electrons. The molecule has 0 aromatic heterocycles. The lowest BCUT2D eigenvalue weighted by Crippen LogP contribution is -2.07. The van der Waals surface area contributed by atoms with Gasteiger partial charge in [0.25, 0.3) is 0 Å². The number of benzene rings is 2. The first-order chi connectivity index (χ1) is 8.65. The third-order valence-electron chi connectivity index (χ3n) is 3.81. The van der Waals surface area contributed by atoms with Crippen molar-refractivity contribution in [2.45, 2.75) is 31.6 Å². The first-order valence-corrected chi connectivity index (χ1v) is 6.41. The van der Waals surface area contributed by atoms with Gasteiger partial charge in [-0.05, 0) is 47.6 Å². The van der Waals surface area contributed by atoms with Gasteiger partial charge < -0.3 is 5.11 Å². The third kappa shape index (κ3) is 1.99. The van der Waals surface area contributed by atoms with Crippen LogP contribution in [0.4, 0.5) is 0 Å². The van der Waals surface area contributed by atoms with E-state index in [4.69, 9.17) is 5.11 Å². The Morgan fingerprint density at radius 2 is 1.89 bits per heavy atom. The van der Waals surface area contributed by atoms with Crippen molar-refractivity contribution in [3.8, 4) is 0 Å². The van der Waals surface area contributed by atoms with Crippen molar-refractivity contribution in [2.75, 3.05) is 0 Å². The number of fused-ring (bicyclic) bond motifs is 1. The molecule has 0 spiro atoms. The van der Waals surface area contributed by atoms with Gasteiger partial charge >= 0.3 is 5.97 Å². The summed E-state index contributed by atoms with van der Waals surface area (Å²) in [6.45, 7) is 1.73. The van der Waals surface area contributed by atoms with Crippen LogP contribution < -0.4 is 0 Å². The predicted molar refractivity (Wildman–Crippen MR) is 72.0 cm³/mol. The minimum absolute atomic E-state index is 0.445. The van der Waals surface area contributed by atoms with Crippen LogP contribution in [0.5, 0.6) is 0 Å². The molecular formula is C16H16O2. The highest BCUT2D eigenvalue weighted by molar-refractivity contribution is 5.86. The fraction of sp³-hybridized carbons (Fsp3) is 0.312. The highest BCUT2D eigenvalue weighted by atomic mass is 16.4. The van der Waals surface area contributed by atoms with E-state index in [1.54, 1.807) is 6.92 Å². The second kappa shape index (κ2) is 4.13. The highest BCUT2D eigenvalue weighted by Crippen LogP contribution is 2.41. The lowest BCUT2D eigenvalue weighted by Gasteiger charge is -2.09. The summed E-state index contributed by atoms with van der Waals surface area (Å²) in [5.41, 5.74) is 2.27. The van der Waals surface area contributed by atoms with Crippen LogP contribution in [0.1, 0.15) is 42.7 Å². The predicted octanol–water partition coefficient (Wildman–Crippen LogP) is 3.91. The van der Waals surface area contributed by atoms with Crippen LogP contribution in [0.25, 0.3) is 10.8 Å². The van der Waals surface area contributed by atoms with Crippen LogP contribution in [0.2, 0.25) is 0 Å². The zero-order valence-corrected chi connectivity index (χ0v) is 10.4. The SMILES string of the molecule is CC(C(=O)O)c1ccc2ccc(C3CC3)cc2c1. The molecule has 2 aromatic carbocycles. The lowest BCUT2D eigenvalue weighted by molar-refractivity contribution is -0.138. The molecule has 18 heavy (non-hydrogen) atoms. The Kier molecular flexibility index (Phi) is 2.58. The van der Waals surface area contributed by atoms with E-state index < -0.39 is 11.9 Å². The first kappa shape index (κ1) is 11.3. The van der Waals surface area contributed by atoms with Gasteiger partial charge in [0.15, 0.2) is 0 Å². The Balaban J connectivity index is 2.06. The van der Waals surface area contributed by atoms with Crippen molar-refractivity contribution in [1.29, 1.82) is 0 Å². The molecule has 1 atom stereocenters. The molecule has 1 aliphatic carbocycles. The molecule has 0 amide bonds. The summed E-state index contributed by atoms with van der Waals surface area (Å²) < 4.78 is 0. The van der Waals surface area contributed by atoms with Gasteiger partial charge in [0.05, 0.1) is 5.92 Å². The fourth-order valence-electron chi connectivity index (χ4n) is 2.37. The van der Waals surface area contributed by atoms with Gasteiger partial charge in [-0.2, -0.15) is 0 Å². The van der Waals surface area contributed by atoms with Crippen molar-refractivity contribution in [1.82, 2.24) is 0 Å². The zero-order valence-electron chi connectivity index (χ0n) is 10.4. The third-order valence-corrected chi connectivity index (χ3v) is 3.81. The molecule has 3 rings (SSSR count). The summed E-state index contributed by atoms with van der Waals surface area (Å²) in [7, 11) is 0. The molecular weight excluding hydrogens is 224 g/mol. The summed E-state index contributed by atoms with van der Waals surface area (Å²) >= 11 is 0. The molecule has 1 fully saturated rings. The Hall–Kier alpha value is -1.83. The van der Waals surface area contributed by atoms with E-state index >= 15 is 0 Å². The topological polar surface area (TPSA) is 37.3 Å². The molecule has 1 aliphatic rings. The van der Waals surface area contributed by atoms with E-state index in [2.05, 4.69) is 18.2 Å². The quantitative estimate of drug-likeness (QED) is 0.883. The lowest BCUT2D eigenvalue weighted by atomic mass is 9.96. The van der Waals surface area contributed by atoms with Crippen LogP contribution in [0.15, 0.2) is 36.4 Å². The molecule has 0 bridgehead atoms. The molecule has 2 nitrogen and oxygen atoms in total. The smallest absolute Gasteiger partial charge is 0.310 e. The van der Waals surface area contributed by atoms with Gasteiger partial charge in [0.1, 0.15) is 0 Å². The van der Waals surface area contributed by atoms with Crippen LogP contribution in [0.3, 0.4) is 0 Å². The van der Waals surface area contributed by atoms with E-state index in [0.29, 0.717) is 0 Å². The maximum atomic E-state index is 11.0. The summed E-state index contributed by atoms with van der Waals surface area (Å²) in [5.74, 6) is -0.485. The van der Waals surface area contributed by atoms with E-state index in [0.717, 1.165) is 16.9 Å². The monoisotopic (exact) mass is 240 g/mol. The first-order valence-electron chi connectivity index (χ1n) is 6.41. The van der Waals surface area contributed by atoms with Gasteiger partial charge in [0.2, 0.25) is 0 Å². The molecule has 1 saturated carbocycles. The minimum atomic E-state index is -0.771. The number of carboxylic acids is 1. The van der Waals surface area contributed by atoms with E-state index in [-0.39, 0.29) is 0 Å². The number of hydrogen-bond donors (Lipinski definition) is 1. The van der Waals surface area contributed by atoms with Crippen LogP contribution >= 0.6 is 0 Å². The van der Waals surface area contributed by atoms with Crippen molar-refractivity contribution >= 4 is 16.7 Å². The molecule has 0 saturated heterocycles. The highest BCUT2D eigenvalue weighted by Gasteiger charge is 2.23. The Bertz CT molecular complexity index is 612. The average Bonchev–Trinajstić information content (AvgIpc) is 3.20. The van der Waals surface area contributed by atoms with Gasteiger partial charge in [-0.15, -0.1) is 0 Å². The second-order valence-electron chi connectivity index (χ2n) is 5.20. The number of carboxylic acid groups (broad SMARTS) is 1. The molecule has 0 radical (unpaired) electrons. The molecule has 1 N–H and O–H groups in total. The average molecular weight is 240 g/mol. The van der Waals surface area contributed by atoms with Gasteiger partial charge in [0, 0.05) is 0 Å².